The van der Waals surface area contributed by atoms with Crippen LogP contribution in [0, 0.1) is 0 Å². The van der Waals surface area contributed by atoms with Gasteiger partial charge in [0.05, 0.1) is 12.0 Å². The number of nitrogens with zero attached hydrogens (tertiary/aromatic N) is 2. The monoisotopic (exact) mass is 380 g/mol. The van der Waals surface area contributed by atoms with Crippen LogP contribution in [0.5, 0.6) is 0 Å². The first-order valence-corrected chi connectivity index (χ1v) is 9.83. The van der Waals surface area contributed by atoms with E-state index >= 15 is 0 Å². The Labute approximate surface area is 166 Å². The number of anilines is 1. The largest absolute Gasteiger partial charge is 0.395 e. The molecule has 2 aromatic rings. The lowest BCUT2D eigenvalue weighted by molar-refractivity contribution is -0.136. The second-order valence-corrected chi connectivity index (χ2v) is 7.41. The lowest BCUT2D eigenvalue weighted by atomic mass is 9.73. The summed E-state index contributed by atoms with van der Waals surface area (Å²) >= 11 is 0. The maximum absolute atomic E-state index is 13.5. The fourth-order valence-corrected chi connectivity index (χ4v) is 4.19. The van der Waals surface area contributed by atoms with Crippen LogP contribution in [0.2, 0.25) is 0 Å². The quantitative estimate of drug-likeness (QED) is 0.766. The molecule has 28 heavy (non-hydrogen) atoms. The van der Waals surface area contributed by atoms with Crippen molar-refractivity contribution in [3.8, 4) is 0 Å². The van der Waals surface area contributed by atoms with Gasteiger partial charge in [-0.3, -0.25) is 9.59 Å². The van der Waals surface area contributed by atoms with Crippen molar-refractivity contribution >= 4 is 17.5 Å². The van der Waals surface area contributed by atoms with Crippen LogP contribution in [0.4, 0.5) is 5.69 Å². The predicted molar refractivity (Wildman–Crippen MR) is 110 cm³/mol. The Balaban J connectivity index is 2.03. The molecule has 5 heteroatoms. The Morgan fingerprint density at radius 2 is 1.75 bits per heavy atom. The van der Waals surface area contributed by atoms with Crippen molar-refractivity contribution in [1.82, 2.24) is 4.90 Å². The summed E-state index contributed by atoms with van der Waals surface area (Å²) in [5.41, 5.74) is 1.86. The number of hydrogen-bond donors (Lipinski definition) is 1. The third-order valence-electron chi connectivity index (χ3n) is 5.51. The summed E-state index contributed by atoms with van der Waals surface area (Å²) in [6.07, 6.45) is 1.38. The van der Waals surface area contributed by atoms with Gasteiger partial charge in [0.1, 0.15) is 0 Å². The number of carbonyl (C=O) groups is 2. The minimum Gasteiger partial charge on any atom is -0.395 e. The van der Waals surface area contributed by atoms with E-state index in [0.717, 1.165) is 23.2 Å². The van der Waals surface area contributed by atoms with Crippen molar-refractivity contribution in [3.63, 3.8) is 0 Å². The fraction of sp³-hybridized carbons (Fsp3) is 0.391. The Hall–Kier alpha value is -2.66. The molecule has 1 unspecified atom stereocenters. The van der Waals surface area contributed by atoms with Crippen LogP contribution in [0.25, 0.3) is 0 Å². The average Bonchev–Trinajstić information content (AvgIpc) is 2.91. The van der Waals surface area contributed by atoms with Crippen LogP contribution in [-0.2, 0) is 21.4 Å². The number of fused-ring (bicyclic) bond motifs is 1. The van der Waals surface area contributed by atoms with E-state index in [1.165, 1.54) is 0 Å². The van der Waals surface area contributed by atoms with Crippen LogP contribution in [-0.4, -0.2) is 48.6 Å². The molecule has 5 nitrogen and oxygen atoms in total. The van der Waals surface area contributed by atoms with Gasteiger partial charge in [0, 0.05) is 32.2 Å². The van der Waals surface area contributed by atoms with E-state index in [4.69, 9.17) is 0 Å². The summed E-state index contributed by atoms with van der Waals surface area (Å²) in [5.74, 6) is -0.142. The molecule has 1 aliphatic heterocycles. The summed E-state index contributed by atoms with van der Waals surface area (Å²) in [7, 11) is 1.77. The molecule has 0 aromatic heterocycles. The normalized spacial score (nSPS) is 18.2. The van der Waals surface area contributed by atoms with Crippen molar-refractivity contribution in [3.05, 3.63) is 65.7 Å². The molecule has 1 heterocycles. The van der Waals surface area contributed by atoms with Crippen LogP contribution in [0.15, 0.2) is 54.6 Å². The topological polar surface area (TPSA) is 60.9 Å². The molecule has 2 amide bonds. The van der Waals surface area contributed by atoms with Crippen molar-refractivity contribution in [2.24, 2.45) is 0 Å². The van der Waals surface area contributed by atoms with Gasteiger partial charge in [-0.15, -0.1) is 0 Å². The third-order valence-corrected chi connectivity index (χ3v) is 5.51. The number of hydrogen-bond acceptors (Lipinski definition) is 3. The molecule has 1 aliphatic rings. The lowest BCUT2D eigenvalue weighted by Gasteiger charge is -2.31. The molecule has 1 atom stereocenters. The predicted octanol–water partition coefficient (Wildman–Crippen LogP) is 2.76. The summed E-state index contributed by atoms with van der Waals surface area (Å²) in [6.45, 7) is 2.79. The molecule has 0 spiro atoms. The molecular formula is C23H28N2O3. The first-order chi connectivity index (χ1) is 13.5. The van der Waals surface area contributed by atoms with Crippen LogP contribution in [0.3, 0.4) is 0 Å². The van der Waals surface area contributed by atoms with E-state index in [2.05, 4.69) is 0 Å². The Kier molecular flexibility index (Phi) is 6.15. The van der Waals surface area contributed by atoms with E-state index in [9.17, 15) is 14.7 Å². The highest BCUT2D eigenvalue weighted by Crippen LogP contribution is 2.45. The van der Waals surface area contributed by atoms with Crippen LogP contribution < -0.4 is 4.90 Å². The van der Waals surface area contributed by atoms with Crippen LogP contribution in [0.1, 0.15) is 30.9 Å². The highest BCUT2D eigenvalue weighted by molar-refractivity contribution is 6.09. The van der Waals surface area contributed by atoms with Gasteiger partial charge >= 0.3 is 0 Å². The lowest BCUT2D eigenvalue weighted by Crippen LogP contribution is -2.46. The summed E-state index contributed by atoms with van der Waals surface area (Å²) in [4.78, 5) is 30.0. The Bertz CT molecular complexity index is 831. The maximum atomic E-state index is 13.5. The second-order valence-electron chi connectivity index (χ2n) is 7.41. The van der Waals surface area contributed by atoms with Gasteiger partial charge in [0.25, 0.3) is 0 Å². The highest BCUT2D eigenvalue weighted by Gasteiger charge is 2.51. The van der Waals surface area contributed by atoms with E-state index < -0.39 is 5.41 Å². The van der Waals surface area contributed by atoms with Gasteiger partial charge in [-0.2, -0.15) is 0 Å². The molecule has 1 N–H and O–H groups in total. The number of benzene rings is 2. The third kappa shape index (κ3) is 3.67. The number of amides is 2. The number of likely N-dealkylation sites (N-methyl/N-ethyl adjacent to an activating group) is 1. The molecule has 0 fully saturated rings. The van der Waals surface area contributed by atoms with E-state index in [-0.39, 0.29) is 24.8 Å². The standard InChI is InChI=1S/C23H28N2O3/c1-3-13-25(14-15-26)21(27)17-23(16-18-9-5-4-6-10-18)19-11-7-8-12-20(19)24(2)22(23)28/h4-12,26H,3,13-17H2,1-2H3. The first-order valence-electron chi connectivity index (χ1n) is 9.83. The van der Waals surface area contributed by atoms with Gasteiger partial charge in [-0.1, -0.05) is 55.5 Å². The van der Waals surface area contributed by atoms with E-state index in [1.54, 1.807) is 16.8 Å². The molecule has 0 bridgehead atoms. The second kappa shape index (κ2) is 8.57. The number of carbonyl (C=O) groups excluding carboxylic acids is 2. The van der Waals surface area contributed by atoms with E-state index in [1.807, 2.05) is 61.5 Å². The van der Waals surface area contributed by atoms with Gasteiger partial charge in [-0.05, 0) is 30.0 Å². The number of aliphatic hydroxyl groups is 1. The summed E-state index contributed by atoms with van der Waals surface area (Å²) in [6, 6.07) is 17.6. The van der Waals surface area contributed by atoms with Crippen molar-refractivity contribution < 1.29 is 14.7 Å². The first kappa shape index (κ1) is 20.1. The van der Waals surface area contributed by atoms with Crippen molar-refractivity contribution in [1.29, 1.82) is 0 Å². The fourth-order valence-electron chi connectivity index (χ4n) is 4.19. The zero-order valence-corrected chi connectivity index (χ0v) is 16.6. The van der Waals surface area contributed by atoms with Gasteiger partial charge in [-0.25, -0.2) is 0 Å². The SMILES string of the molecule is CCCN(CCO)C(=O)CC1(Cc2ccccc2)C(=O)N(C)c2ccccc21. The molecular weight excluding hydrogens is 352 g/mol. The summed E-state index contributed by atoms with van der Waals surface area (Å²) in [5, 5.41) is 9.36. The number of aliphatic hydroxyl groups excluding tert-OH is 1. The maximum Gasteiger partial charge on any atom is 0.238 e. The number of para-hydroxylation sites is 1. The van der Waals surface area contributed by atoms with Gasteiger partial charge in [0.2, 0.25) is 11.8 Å². The Morgan fingerprint density at radius 3 is 2.43 bits per heavy atom. The van der Waals surface area contributed by atoms with Gasteiger partial charge in [0.15, 0.2) is 0 Å². The smallest absolute Gasteiger partial charge is 0.238 e. The van der Waals surface area contributed by atoms with Gasteiger partial charge < -0.3 is 14.9 Å². The molecule has 2 aromatic carbocycles. The molecule has 148 valence electrons. The minimum absolute atomic E-state index is 0.0497. The number of rotatable bonds is 8. The van der Waals surface area contributed by atoms with Crippen molar-refractivity contribution in [2.45, 2.75) is 31.6 Å². The molecule has 0 saturated carbocycles. The molecule has 0 radical (unpaired) electrons. The zero-order valence-electron chi connectivity index (χ0n) is 16.6. The Morgan fingerprint density at radius 1 is 1.07 bits per heavy atom. The molecule has 3 rings (SSSR count). The highest BCUT2D eigenvalue weighted by atomic mass is 16.3. The molecule has 0 aliphatic carbocycles. The zero-order chi connectivity index (χ0) is 20.1. The minimum atomic E-state index is -0.925. The average molecular weight is 380 g/mol. The van der Waals surface area contributed by atoms with Crippen LogP contribution >= 0.6 is 0 Å². The summed E-state index contributed by atoms with van der Waals surface area (Å²) < 4.78 is 0. The molecule has 0 saturated heterocycles. The van der Waals surface area contributed by atoms with Crippen molar-refractivity contribution in [2.75, 3.05) is 31.6 Å². The van der Waals surface area contributed by atoms with E-state index in [0.29, 0.717) is 19.5 Å².